The summed E-state index contributed by atoms with van der Waals surface area (Å²) in [6.07, 6.45) is 9.56. The third kappa shape index (κ3) is 11.7. The number of hydrogen-bond donors (Lipinski definition) is 0. The van der Waals surface area contributed by atoms with E-state index >= 15 is 0 Å². The fourth-order valence-corrected chi connectivity index (χ4v) is 10.1. The van der Waals surface area contributed by atoms with Gasteiger partial charge in [-0.15, -0.1) is 94.5 Å². The molecule has 0 aliphatic carbocycles. The molecule has 0 aliphatic heterocycles. The van der Waals surface area contributed by atoms with E-state index < -0.39 is 0 Å². The Morgan fingerprint density at radius 1 is 0.333 bits per heavy atom. The van der Waals surface area contributed by atoms with Crippen LogP contribution >= 0.6 is 0 Å². The van der Waals surface area contributed by atoms with Crippen molar-refractivity contribution in [3.05, 3.63) is 285 Å². The molecule has 0 aliphatic rings. The van der Waals surface area contributed by atoms with Gasteiger partial charge in [0.05, 0.1) is 0 Å². The fraction of sp³-hybridized carbons (Fsp3) is 0.0274. The zero-order valence-corrected chi connectivity index (χ0v) is 48.6. The minimum absolute atomic E-state index is 0. The average Bonchev–Trinajstić information content (AvgIpc) is 3.55. The monoisotopic (exact) mass is 1400 g/mol. The van der Waals surface area contributed by atoms with Gasteiger partial charge < -0.3 is 29.7 Å². The van der Waals surface area contributed by atoms with Crippen LogP contribution in [0.25, 0.3) is 123 Å². The summed E-state index contributed by atoms with van der Waals surface area (Å²) in [4.78, 5) is 24.4. The van der Waals surface area contributed by atoms with Crippen molar-refractivity contribution in [2.75, 3.05) is 0 Å². The molecule has 13 aromatic rings. The minimum Gasteiger partial charge on any atom is -0.515 e. The molecular formula is C73H46IrN5OPt. The van der Waals surface area contributed by atoms with Crippen molar-refractivity contribution in [1.29, 1.82) is 0 Å². The van der Waals surface area contributed by atoms with E-state index in [4.69, 9.17) is 29.7 Å². The van der Waals surface area contributed by atoms with Crippen molar-refractivity contribution in [3.8, 4) is 123 Å². The van der Waals surface area contributed by atoms with E-state index in [0.29, 0.717) is 22.9 Å². The molecule has 388 valence electrons. The first-order chi connectivity index (χ1) is 38.9. The van der Waals surface area contributed by atoms with Crippen LogP contribution in [0, 0.1) is 44.2 Å². The maximum atomic E-state index is 6.32. The molecule has 8 heteroatoms. The van der Waals surface area contributed by atoms with Gasteiger partial charge in [0, 0.05) is 42.3 Å². The first kappa shape index (κ1) is 53.9. The molecule has 13 rings (SSSR count). The summed E-state index contributed by atoms with van der Waals surface area (Å²) in [5.74, 6) is 1.51. The third-order valence-electron chi connectivity index (χ3n) is 14.1. The molecule has 4 heterocycles. The van der Waals surface area contributed by atoms with E-state index in [9.17, 15) is 0 Å². The van der Waals surface area contributed by atoms with Gasteiger partial charge in [-0.3, -0.25) is 6.07 Å². The summed E-state index contributed by atoms with van der Waals surface area (Å²) in [5.41, 5.74) is 20.6. The second-order valence-corrected chi connectivity index (χ2v) is 19.4. The number of ether oxygens (including phenoxy) is 1. The minimum atomic E-state index is 0. The van der Waals surface area contributed by atoms with Gasteiger partial charge in [-0.05, 0) is 119 Å². The number of fused-ring (bicyclic) bond motifs is 1. The largest absolute Gasteiger partial charge is 3.00 e. The van der Waals surface area contributed by atoms with Gasteiger partial charge in [0.1, 0.15) is 0 Å². The maximum absolute atomic E-state index is 6.32. The summed E-state index contributed by atoms with van der Waals surface area (Å²) in [5, 5.41) is 2.19. The molecule has 81 heavy (non-hydrogen) atoms. The van der Waals surface area contributed by atoms with Crippen LogP contribution < -0.4 is 4.74 Å². The second-order valence-electron chi connectivity index (χ2n) is 19.4. The number of aryl methyl sites for hydroxylation is 2. The molecule has 0 N–H and O–H groups in total. The molecule has 9 aromatic carbocycles. The second kappa shape index (κ2) is 24.1. The van der Waals surface area contributed by atoms with Gasteiger partial charge in [-0.1, -0.05) is 147 Å². The molecule has 6 nitrogen and oxygen atoms in total. The molecule has 4 aromatic heterocycles. The van der Waals surface area contributed by atoms with Crippen LogP contribution in [-0.4, -0.2) is 24.9 Å². The zero-order valence-electron chi connectivity index (χ0n) is 43.9. The summed E-state index contributed by atoms with van der Waals surface area (Å²) in [7, 11) is 0. The van der Waals surface area contributed by atoms with E-state index in [1.807, 2.05) is 79.5 Å². The van der Waals surface area contributed by atoms with Crippen molar-refractivity contribution < 1.29 is 45.9 Å². The first-order valence-corrected chi connectivity index (χ1v) is 26.1. The Kier molecular flexibility index (Phi) is 16.0. The molecular weight excluding hydrogens is 1350 g/mol. The topological polar surface area (TPSA) is 73.7 Å². The van der Waals surface area contributed by atoms with E-state index in [-0.39, 0.29) is 41.2 Å². The molecule has 0 unspecified atom stereocenters. The number of benzene rings is 9. The van der Waals surface area contributed by atoms with Crippen LogP contribution in [0.4, 0.5) is 0 Å². The Morgan fingerprint density at radius 2 is 0.790 bits per heavy atom. The number of nitrogens with zero attached hydrogens (tertiary/aromatic N) is 5. The van der Waals surface area contributed by atoms with Crippen LogP contribution in [-0.2, 0) is 41.2 Å². The van der Waals surface area contributed by atoms with Gasteiger partial charge in [0.25, 0.3) is 0 Å². The summed E-state index contributed by atoms with van der Waals surface area (Å²) >= 11 is 0. The van der Waals surface area contributed by atoms with Crippen molar-refractivity contribution in [1.82, 2.24) is 24.9 Å². The van der Waals surface area contributed by atoms with Gasteiger partial charge in [0.15, 0.2) is 0 Å². The number of pyridine rings is 3. The van der Waals surface area contributed by atoms with Crippen molar-refractivity contribution in [2.24, 2.45) is 0 Å². The molecule has 0 atom stereocenters. The molecule has 0 saturated carbocycles. The Bertz CT molecular complexity index is 4220. The maximum Gasteiger partial charge on any atom is 3.00 e. The standard InChI is InChI=1S/C73H46N5O.Ir.Pt/c1-48-15-11-19-51(35-48)70-33-31-56(44-74-70)64-25-5-7-27-66(64)58-37-59(67-28-8-6-26-65(67)57-32-34-71(75-45-57)52-20-12-16-49(2)36-52)39-60(38-58)68-29-9-10-30-69(68)61-46-77-73(78-47-61)54-22-14-24-63(41-54)79-62-23-13-21-53(40-62)72-42-50-17-3-4-18-55(50)43-76-72;;/h3-18,21,23-39,42-47H,1-2H3;;/q-5;+3;+2. The molecule has 0 radical (unpaired) electrons. The summed E-state index contributed by atoms with van der Waals surface area (Å²) in [6, 6.07) is 89.5. The van der Waals surface area contributed by atoms with Gasteiger partial charge in [0.2, 0.25) is 0 Å². The van der Waals surface area contributed by atoms with E-state index in [1.165, 1.54) is 11.1 Å². The van der Waals surface area contributed by atoms with Crippen molar-refractivity contribution >= 4 is 10.8 Å². The molecule has 0 fully saturated rings. The Balaban J connectivity index is 0.00000345. The molecule has 0 amide bonds. The number of hydrogen-bond acceptors (Lipinski definition) is 6. The fourth-order valence-electron chi connectivity index (χ4n) is 10.1. The van der Waals surface area contributed by atoms with Crippen molar-refractivity contribution in [3.63, 3.8) is 0 Å². The Labute approximate surface area is 500 Å². The first-order valence-electron chi connectivity index (χ1n) is 26.1. The SMILES string of the molecule is Cc1cc[c-]c(-c2ccc(-c3ccccc3-c3cc(-c4ccccc4-c4ccc(-c5[c-]ccc(C)c5)nc4)cc(-c4ccccc4-c4cnc(-c5[c-]ccc(Oc6[c-]c(-c7cc8ccccc8cn7)ccc6)[c-]5)nc4)c3)cn2)c1.[Ir+3].[Pt+2]. The Hall–Kier alpha value is -9.09. The smallest absolute Gasteiger partial charge is 0.515 e. The van der Waals surface area contributed by atoms with Crippen LogP contribution in [0.15, 0.2) is 243 Å². The predicted molar refractivity (Wildman–Crippen MR) is 317 cm³/mol. The van der Waals surface area contributed by atoms with E-state index in [1.54, 1.807) is 6.07 Å². The van der Waals surface area contributed by atoms with Crippen LogP contribution in [0.5, 0.6) is 11.5 Å². The van der Waals surface area contributed by atoms with Crippen molar-refractivity contribution in [2.45, 2.75) is 13.8 Å². The van der Waals surface area contributed by atoms with E-state index in [2.05, 4.69) is 202 Å². The average molecular weight is 1400 g/mol. The quantitative estimate of drug-likeness (QED) is 0.114. The van der Waals surface area contributed by atoms with Gasteiger partial charge in [-0.2, -0.15) is 6.07 Å². The third-order valence-corrected chi connectivity index (χ3v) is 14.1. The number of aromatic nitrogens is 5. The number of rotatable bonds is 12. The summed E-state index contributed by atoms with van der Waals surface area (Å²) in [6.45, 7) is 4.18. The summed E-state index contributed by atoms with van der Waals surface area (Å²) < 4.78 is 6.32. The van der Waals surface area contributed by atoms with E-state index in [0.717, 1.165) is 111 Å². The molecule has 0 bridgehead atoms. The van der Waals surface area contributed by atoms with Gasteiger partial charge in [-0.25, -0.2) is 17.7 Å². The molecule has 0 spiro atoms. The van der Waals surface area contributed by atoms with Crippen LogP contribution in [0.3, 0.4) is 0 Å². The predicted octanol–water partition coefficient (Wildman–Crippen LogP) is 17.9. The normalized spacial score (nSPS) is 10.9. The Morgan fingerprint density at radius 3 is 1.31 bits per heavy atom. The van der Waals surface area contributed by atoms with Gasteiger partial charge >= 0.3 is 41.2 Å². The zero-order chi connectivity index (χ0) is 53.1. The van der Waals surface area contributed by atoms with Crippen LogP contribution in [0.2, 0.25) is 0 Å². The van der Waals surface area contributed by atoms with Crippen LogP contribution in [0.1, 0.15) is 11.1 Å². The molecule has 0 saturated heterocycles.